The van der Waals surface area contributed by atoms with Crippen molar-refractivity contribution in [3.05, 3.63) is 59.2 Å². The van der Waals surface area contributed by atoms with E-state index in [2.05, 4.69) is 10.6 Å². The number of aryl methyl sites for hydroxylation is 1. The molecule has 2 aromatic carbocycles. The highest BCUT2D eigenvalue weighted by atomic mass is 16.5. The minimum Gasteiger partial charge on any atom is -0.491 e. The molecule has 0 aliphatic heterocycles. The number of methoxy groups -OCH3 is 1. The van der Waals surface area contributed by atoms with E-state index in [0.29, 0.717) is 24.4 Å². The molecule has 0 heterocycles. The highest BCUT2D eigenvalue weighted by Gasteiger charge is 2.12. The minimum atomic E-state index is -0.505. The topological polar surface area (TPSA) is 76.7 Å². The zero-order valence-electron chi connectivity index (χ0n) is 14.6. The first-order valence-electron chi connectivity index (χ1n) is 7.94. The van der Waals surface area contributed by atoms with Gasteiger partial charge in [-0.2, -0.15) is 0 Å². The lowest BCUT2D eigenvalue weighted by Gasteiger charge is -2.13. The first-order valence-corrected chi connectivity index (χ1v) is 7.94. The Labute approximate surface area is 147 Å². The number of para-hydroxylation sites is 1. The fourth-order valence-electron chi connectivity index (χ4n) is 2.25. The summed E-state index contributed by atoms with van der Waals surface area (Å²) in [6, 6.07) is 12.1. The quantitative estimate of drug-likeness (QED) is 0.624. The van der Waals surface area contributed by atoms with Crippen LogP contribution in [-0.4, -0.2) is 32.3 Å². The number of nitrogens with one attached hydrogen (secondary N) is 2. The van der Waals surface area contributed by atoms with E-state index in [1.54, 1.807) is 24.3 Å². The molecule has 0 aromatic heterocycles. The number of rotatable bonds is 6. The minimum absolute atomic E-state index is 0.298. The Kier molecular flexibility index (Phi) is 6.39. The lowest BCUT2D eigenvalue weighted by atomic mass is 10.1. The molecule has 6 nitrogen and oxygen atoms in total. The number of benzene rings is 2. The Morgan fingerprint density at radius 3 is 2.56 bits per heavy atom. The van der Waals surface area contributed by atoms with E-state index >= 15 is 0 Å². The molecule has 0 spiro atoms. The molecule has 0 saturated carbocycles. The molecular weight excluding hydrogens is 320 g/mol. The second-order valence-corrected chi connectivity index (χ2v) is 5.46. The van der Waals surface area contributed by atoms with Gasteiger partial charge in [0, 0.05) is 0 Å². The van der Waals surface area contributed by atoms with E-state index in [4.69, 9.17) is 9.47 Å². The van der Waals surface area contributed by atoms with Gasteiger partial charge in [0.2, 0.25) is 0 Å². The van der Waals surface area contributed by atoms with Gasteiger partial charge in [-0.25, -0.2) is 9.59 Å². The summed E-state index contributed by atoms with van der Waals surface area (Å²) in [5.74, 6) is 0.299. The summed E-state index contributed by atoms with van der Waals surface area (Å²) < 4.78 is 10.4. The van der Waals surface area contributed by atoms with Crippen molar-refractivity contribution in [2.24, 2.45) is 0 Å². The van der Waals surface area contributed by atoms with Crippen LogP contribution >= 0.6 is 0 Å². The average Bonchev–Trinajstić information content (AvgIpc) is 2.62. The van der Waals surface area contributed by atoms with Crippen LogP contribution in [-0.2, 0) is 4.74 Å². The fraction of sp³-hybridized carbons (Fsp3) is 0.263. The maximum absolute atomic E-state index is 12.0. The van der Waals surface area contributed by atoms with Crippen LogP contribution in [0.5, 0.6) is 5.75 Å². The van der Waals surface area contributed by atoms with Gasteiger partial charge in [0.25, 0.3) is 0 Å². The van der Waals surface area contributed by atoms with Crippen LogP contribution in [0.4, 0.5) is 10.5 Å². The van der Waals surface area contributed by atoms with Gasteiger partial charge in [0.15, 0.2) is 0 Å². The molecule has 132 valence electrons. The van der Waals surface area contributed by atoms with Gasteiger partial charge >= 0.3 is 12.0 Å². The van der Waals surface area contributed by atoms with Gasteiger partial charge in [-0.15, -0.1) is 0 Å². The summed E-state index contributed by atoms with van der Waals surface area (Å²) >= 11 is 0. The van der Waals surface area contributed by atoms with Gasteiger partial charge in [-0.3, -0.25) is 0 Å². The van der Waals surface area contributed by atoms with E-state index in [0.717, 1.165) is 16.9 Å². The Hall–Kier alpha value is -3.02. The molecule has 0 bridgehead atoms. The monoisotopic (exact) mass is 342 g/mol. The fourth-order valence-corrected chi connectivity index (χ4v) is 2.25. The summed E-state index contributed by atoms with van der Waals surface area (Å²) in [6.45, 7) is 4.69. The van der Waals surface area contributed by atoms with Crippen LogP contribution in [0.15, 0.2) is 42.5 Å². The van der Waals surface area contributed by atoms with E-state index in [9.17, 15) is 9.59 Å². The Bertz CT molecular complexity index is 759. The van der Waals surface area contributed by atoms with Crippen molar-refractivity contribution < 1.29 is 19.1 Å². The van der Waals surface area contributed by atoms with E-state index in [1.807, 2.05) is 32.0 Å². The van der Waals surface area contributed by atoms with Crippen molar-refractivity contribution in [3.63, 3.8) is 0 Å². The lowest BCUT2D eigenvalue weighted by molar-refractivity contribution is 0.0602. The summed E-state index contributed by atoms with van der Waals surface area (Å²) in [5.41, 5.74) is 2.93. The number of ether oxygens (including phenoxy) is 2. The number of hydrogen-bond donors (Lipinski definition) is 2. The Morgan fingerprint density at radius 2 is 1.80 bits per heavy atom. The molecule has 6 heteroatoms. The van der Waals surface area contributed by atoms with Crippen LogP contribution in [0, 0.1) is 13.8 Å². The summed E-state index contributed by atoms with van der Waals surface area (Å²) in [5, 5.41) is 5.33. The maximum atomic E-state index is 12.0. The van der Waals surface area contributed by atoms with Crippen molar-refractivity contribution in [1.29, 1.82) is 0 Å². The predicted octanol–water partition coefficient (Wildman–Crippen LogP) is 3.29. The standard InChI is InChI=1S/C19H22N2O4/c1-13-7-6-10-17(14(13)2)25-12-11-20-19(23)21-16-9-5-4-8-15(16)18(22)24-3/h4-10H,11-12H2,1-3H3,(H2,20,21,23). The van der Waals surface area contributed by atoms with Crippen LogP contribution in [0.1, 0.15) is 21.5 Å². The molecule has 2 amide bonds. The van der Waals surface area contributed by atoms with Crippen molar-refractivity contribution >= 4 is 17.7 Å². The molecule has 2 rings (SSSR count). The number of amides is 2. The highest BCUT2D eigenvalue weighted by Crippen LogP contribution is 2.20. The number of urea groups is 1. The molecular formula is C19H22N2O4. The van der Waals surface area contributed by atoms with E-state index < -0.39 is 12.0 Å². The normalized spacial score (nSPS) is 10.0. The summed E-state index contributed by atoms with van der Waals surface area (Å²) in [7, 11) is 1.30. The third-order valence-corrected chi connectivity index (χ3v) is 3.78. The molecule has 2 N–H and O–H groups in total. The maximum Gasteiger partial charge on any atom is 0.339 e. The zero-order chi connectivity index (χ0) is 18.2. The molecule has 0 fully saturated rings. The molecule has 0 atom stereocenters. The van der Waals surface area contributed by atoms with Gasteiger partial charge in [0.05, 0.1) is 24.9 Å². The van der Waals surface area contributed by atoms with Crippen molar-refractivity contribution in [2.75, 3.05) is 25.6 Å². The second kappa shape index (κ2) is 8.73. The molecule has 0 saturated heterocycles. The SMILES string of the molecule is COC(=O)c1ccccc1NC(=O)NCCOc1cccc(C)c1C. The summed E-state index contributed by atoms with van der Waals surface area (Å²) in [6.07, 6.45) is 0. The van der Waals surface area contributed by atoms with Gasteiger partial charge in [-0.05, 0) is 43.2 Å². The first kappa shape index (κ1) is 18.3. The van der Waals surface area contributed by atoms with Crippen molar-refractivity contribution in [1.82, 2.24) is 5.32 Å². The van der Waals surface area contributed by atoms with Crippen LogP contribution < -0.4 is 15.4 Å². The second-order valence-electron chi connectivity index (χ2n) is 5.46. The smallest absolute Gasteiger partial charge is 0.339 e. The molecule has 0 radical (unpaired) electrons. The molecule has 0 unspecified atom stereocenters. The molecule has 25 heavy (non-hydrogen) atoms. The predicted molar refractivity (Wildman–Crippen MR) is 96.2 cm³/mol. The Morgan fingerprint density at radius 1 is 1.04 bits per heavy atom. The third-order valence-electron chi connectivity index (χ3n) is 3.78. The molecule has 2 aromatic rings. The first-order chi connectivity index (χ1) is 12.0. The van der Waals surface area contributed by atoms with Crippen LogP contribution in [0.3, 0.4) is 0 Å². The number of esters is 1. The number of anilines is 1. The lowest BCUT2D eigenvalue weighted by Crippen LogP contribution is -2.32. The van der Waals surface area contributed by atoms with Gasteiger partial charge in [-0.1, -0.05) is 24.3 Å². The highest BCUT2D eigenvalue weighted by molar-refractivity contribution is 6.00. The van der Waals surface area contributed by atoms with Crippen molar-refractivity contribution in [3.8, 4) is 5.75 Å². The number of carbonyl (C=O) groups is 2. The third kappa shape index (κ3) is 4.97. The average molecular weight is 342 g/mol. The summed E-state index contributed by atoms with van der Waals surface area (Å²) in [4.78, 5) is 23.7. The Balaban J connectivity index is 1.84. The van der Waals surface area contributed by atoms with Crippen LogP contribution in [0.25, 0.3) is 0 Å². The van der Waals surface area contributed by atoms with Crippen LogP contribution in [0.2, 0.25) is 0 Å². The largest absolute Gasteiger partial charge is 0.491 e. The molecule has 0 aliphatic carbocycles. The zero-order valence-corrected chi connectivity index (χ0v) is 14.6. The van der Waals surface area contributed by atoms with E-state index in [-0.39, 0.29) is 0 Å². The van der Waals surface area contributed by atoms with Gasteiger partial charge in [0.1, 0.15) is 12.4 Å². The van der Waals surface area contributed by atoms with Gasteiger partial charge < -0.3 is 20.1 Å². The van der Waals surface area contributed by atoms with Crippen molar-refractivity contribution in [2.45, 2.75) is 13.8 Å². The van der Waals surface area contributed by atoms with E-state index in [1.165, 1.54) is 7.11 Å². The number of carbonyl (C=O) groups excluding carboxylic acids is 2. The number of hydrogen-bond acceptors (Lipinski definition) is 4. The molecule has 0 aliphatic rings.